The molecule has 2 aliphatic rings. The van der Waals surface area contributed by atoms with Gasteiger partial charge < -0.3 is 20.3 Å². The molecule has 2 fully saturated rings. The van der Waals surface area contributed by atoms with Gasteiger partial charge in [-0.25, -0.2) is 4.79 Å². The summed E-state index contributed by atoms with van der Waals surface area (Å²) in [6.07, 6.45) is 1.90. The summed E-state index contributed by atoms with van der Waals surface area (Å²) in [5.74, 6) is 0. The molecule has 25 heavy (non-hydrogen) atoms. The van der Waals surface area contributed by atoms with Gasteiger partial charge in [0.25, 0.3) is 0 Å². The van der Waals surface area contributed by atoms with Crippen LogP contribution in [0, 0.1) is 0 Å². The Kier molecular flexibility index (Phi) is 7.09. The minimum atomic E-state index is 0.0675. The molecule has 0 saturated carbocycles. The maximum Gasteiger partial charge on any atom is 0.317 e. The topological polar surface area (TPSA) is 56.8 Å². The molecular formula is C19H30N4O2. The fourth-order valence-electron chi connectivity index (χ4n) is 3.49. The quantitative estimate of drug-likeness (QED) is 0.771. The highest BCUT2D eigenvalue weighted by molar-refractivity contribution is 5.74. The van der Waals surface area contributed by atoms with Crippen molar-refractivity contribution in [3.8, 4) is 0 Å². The molecule has 2 heterocycles. The van der Waals surface area contributed by atoms with E-state index in [2.05, 4.69) is 27.7 Å². The van der Waals surface area contributed by atoms with Crippen LogP contribution in [-0.2, 0) is 11.2 Å². The van der Waals surface area contributed by atoms with Crippen LogP contribution >= 0.6 is 0 Å². The second kappa shape index (κ2) is 9.75. The lowest BCUT2D eigenvalue weighted by atomic mass is 10.1. The zero-order valence-corrected chi connectivity index (χ0v) is 15.0. The van der Waals surface area contributed by atoms with Crippen molar-refractivity contribution in [2.45, 2.75) is 18.9 Å². The first kappa shape index (κ1) is 18.2. The second-order valence-electron chi connectivity index (χ2n) is 6.76. The molecule has 2 aliphatic heterocycles. The van der Waals surface area contributed by atoms with Crippen LogP contribution in [-0.4, -0.2) is 80.9 Å². The van der Waals surface area contributed by atoms with Crippen LogP contribution in [0.2, 0.25) is 0 Å². The van der Waals surface area contributed by atoms with Crippen molar-refractivity contribution in [3.05, 3.63) is 35.9 Å². The number of hydrogen-bond donors (Lipinski definition) is 2. The summed E-state index contributed by atoms with van der Waals surface area (Å²) >= 11 is 0. The average molecular weight is 346 g/mol. The normalized spacial score (nSPS) is 21.2. The number of rotatable bonds is 7. The van der Waals surface area contributed by atoms with Gasteiger partial charge in [0.15, 0.2) is 0 Å². The van der Waals surface area contributed by atoms with E-state index in [9.17, 15) is 4.79 Å². The van der Waals surface area contributed by atoms with Crippen LogP contribution in [0.25, 0.3) is 0 Å². The molecule has 1 unspecified atom stereocenters. The fourth-order valence-corrected chi connectivity index (χ4v) is 3.49. The van der Waals surface area contributed by atoms with E-state index in [1.165, 1.54) is 5.56 Å². The number of nitrogens with zero attached hydrogens (tertiary/aromatic N) is 2. The second-order valence-corrected chi connectivity index (χ2v) is 6.76. The molecule has 6 nitrogen and oxygen atoms in total. The summed E-state index contributed by atoms with van der Waals surface area (Å²) in [4.78, 5) is 17.2. The molecule has 0 aromatic heterocycles. The molecule has 0 radical (unpaired) electrons. The van der Waals surface area contributed by atoms with Gasteiger partial charge in [-0.15, -0.1) is 0 Å². The molecule has 138 valence electrons. The van der Waals surface area contributed by atoms with Crippen LogP contribution in [0.5, 0.6) is 0 Å². The number of amides is 2. The number of urea groups is 1. The number of hydrogen-bond acceptors (Lipinski definition) is 4. The van der Waals surface area contributed by atoms with Crippen molar-refractivity contribution in [1.29, 1.82) is 0 Å². The lowest BCUT2D eigenvalue weighted by Crippen LogP contribution is -2.51. The van der Waals surface area contributed by atoms with Crippen LogP contribution in [0.4, 0.5) is 4.79 Å². The van der Waals surface area contributed by atoms with E-state index in [4.69, 9.17) is 4.74 Å². The van der Waals surface area contributed by atoms with Crippen LogP contribution in [0.1, 0.15) is 12.0 Å². The van der Waals surface area contributed by atoms with E-state index in [1.54, 1.807) is 0 Å². The third kappa shape index (κ3) is 5.70. The van der Waals surface area contributed by atoms with Gasteiger partial charge in [0.05, 0.1) is 13.2 Å². The summed E-state index contributed by atoms with van der Waals surface area (Å²) in [5, 5.41) is 6.48. The largest absolute Gasteiger partial charge is 0.379 e. The van der Waals surface area contributed by atoms with Crippen LogP contribution in [0.3, 0.4) is 0 Å². The Labute approximate surface area is 150 Å². The van der Waals surface area contributed by atoms with Gasteiger partial charge in [-0.05, 0) is 24.9 Å². The standard InChI is InChI=1S/C19H30N4O2/c24-19(21-9-6-17-4-2-1-3-5-17)23(18-7-8-20-16-18)11-10-22-12-14-25-15-13-22/h1-5,18,20H,6-16H2,(H,21,24). The van der Waals surface area contributed by atoms with Gasteiger partial charge >= 0.3 is 6.03 Å². The zero-order chi connectivity index (χ0) is 17.3. The highest BCUT2D eigenvalue weighted by Gasteiger charge is 2.26. The third-order valence-corrected chi connectivity index (χ3v) is 5.03. The fraction of sp³-hybridized carbons (Fsp3) is 0.632. The van der Waals surface area contributed by atoms with E-state index in [0.29, 0.717) is 12.6 Å². The number of benzene rings is 1. The summed E-state index contributed by atoms with van der Waals surface area (Å²) in [6.45, 7) is 7.80. The smallest absolute Gasteiger partial charge is 0.317 e. The SMILES string of the molecule is O=C(NCCc1ccccc1)N(CCN1CCOCC1)C1CCNC1. The summed E-state index contributed by atoms with van der Waals surface area (Å²) < 4.78 is 5.40. The van der Waals surface area contributed by atoms with Gasteiger partial charge in [-0.1, -0.05) is 30.3 Å². The van der Waals surface area contributed by atoms with E-state index in [1.807, 2.05) is 23.1 Å². The van der Waals surface area contributed by atoms with Crippen molar-refractivity contribution in [1.82, 2.24) is 20.4 Å². The molecular weight excluding hydrogens is 316 g/mol. The van der Waals surface area contributed by atoms with Crippen molar-refractivity contribution >= 4 is 6.03 Å². The van der Waals surface area contributed by atoms with Crippen molar-refractivity contribution in [2.75, 3.05) is 59.0 Å². The Hall–Kier alpha value is -1.63. The first-order valence-corrected chi connectivity index (χ1v) is 9.42. The van der Waals surface area contributed by atoms with Gasteiger partial charge in [0, 0.05) is 45.3 Å². The van der Waals surface area contributed by atoms with Crippen molar-refractivity contribution < 1.29 is 9.53 Å². The average Bonchev–Trinajstić information content (AvgIpc) is 3.18. The summed E-state index contributed by atoms with van der Waals surface area (Å²) in [7, 11) is 0. The van der Waals surface area contributed by atoms with Crippen LogP contribution in [0.15, 0.2) is 30.3 Å². The lowest BCUT2D eigenvalue weighted by molar-refractivity contribution is 0.0336. The molecule has 1 aromatic rings. The molecule has 2 amide bonds. The molecule has 0 aliphatic carbocycles. The van der Waals surface area contributed by atoms with E-state index < -0.39 is 0 Å². The molecule has 0 spiro atoms. The van der Waals surface area contributed by atoms with E-state index in [-0.39, 0.29) is 6.03 Å². The third-order valence-electron chi connectivity index (χ3n) is 5.03. The van der Waals surface area contributed by atoms with Gasteiger partial charge in [0.2, 0.25) is 0 Å². The number of carbonyl (C=O) groups excluding carboxylic acids is 1. The minimum absolute atomic E-state index is 0.0675. The predicted molar refractivity (Wildman–Crippen MR) is 98.8 cm³/mol. The molecule has 0 bridgehead atoms. The molecule has 1 aromatic carbocycles. The first-order chi connectivity index (χ1) is 12.3. The number of morpholine rings is 1. The van der Waals surface area contributed by atoms with Gasteiger partial charge in [-0.2, -0.15) is 0 Å². The maximum atomic E-state index is 12.7. The molecule has 6 heteroatoms. The first-order valence-electron chi connectivity index (χ1n) is 9.42. The van der Waals surface area contributed by atoms with Crippen molar-refractivity contribution in [2.24, 2.45) is 0 Å². The molecule has 3 rings (SSSR count). The van der Waals surface area contributed by atoms with Gasteiger partial charge in [-0.3, -0.25) is 4.90 Å². The number of nitrogens with one attached hydrogen (secondary N) is 2. The Balaban J connectivity index is 1.47. The molecule has 1 atom stereocenters. The van der Waals surface area contributed by atoms with E-state index in [0.717, 1.165) is 65.3 Å². The lowest BCUT2D eigenvalue weighted by Gasteiger charge is -2.33. The highest BCUT2D eigenvalue weighted by atomic mass is 16.5. The highest BCUT2D eigenvalue weighted by Crippen LogP contribution is 2.10. The summed E-state index contributed by atoms with van der Waals surface area (Å²) in [5.41, 5.74) is 1.25. The predicted octanol–water partition coefficient (Wildman–Crippen LogP) is 0.935. The molecule has 2 N–H and O–H groups in total. The Bertz CT molecular complexity index is 513. The van der Waals surface area contributed by atoms with Crippen molar-refractivity contribution in [3.63, 3.8) is 0 Å². The Morgan fingerprint density at radius 2 is 2.08 bits per heavy atom. The maximum absolute atomic E-state index is 12.7. The number of carbonyl (C=O) groups is 1. The van der Waals surface area contributed by atoms with Gasteiger partial charge in [0.1, 0.15) is 0 Å². The molecule has 2 saturated heterocycles. The summed E-state index contributed by atoms with van der Waals surface area (Å²) in [6, 6.07) is 10.7. The zero-order valence-electron chi connectivity index (χ0n) is 15.0. The number of ether oxygens (including phenoxy) is 1. The minimum Gasteiger partial charge on any atom is -0.379 e. The van der Waals surface area contributed by atoms with E-state index >= 15 is 0 Å². The Morgan fingerprint density at radius 3 is 2.80 bits per heavy atom. The van der Waals surface area contributed by atoms with Crippen LogP contribution < -0.4 is 10.6 Å². The monoisotopic (exact) mass is 346 g/mol. The Morgan fingerprint density at radius 1 is 1.28 bits per heavy atom.